The van der Waals surface area contributed by atoms with E-state index in [0.29, 0.717) is 16.6 Å². The first-order valence-electron chi connectivity index (χ1n) is 4.08. The van der Waals surface area contributed by atoms with Gasteiger partial charge in [-0.3, -0.25) is 14.3 Å². The maximum Gasteiger partial charge on any atom is 0.259 e. The zero-order valence-electron chi connectivity index (χ0n) is 7.48. The fourth-order valence-electron chi connectivity index (χ4n) is 1.26. The largest absolute Gasteiger partial charge is 0.289 e. The van der Waals surface area contributed by atoms with Gasteiger partial charge in [-0.25, -0.2) is 8.60 Å². The molecule has 2 rings (SSSR count). The molecule has 1 aromatic carbocycles. The van der Waals surface area contributed by atoms with E-state index >= 15 is 0 Å². The fourth-order valence-corrected chi connectivity index (χ4v) is 1.57. The average molecular weight is 226 g/mol. The van der Waals surface area contributed by atoms with Gasteiger partial charge < -0.3 is 0 Å². The van der Waals surface area contributed by atoms with Gasteiger partial charge in [-0.15, -0.1) is 0 Å². The van der Waals surface area contributed by atoms with Crippen LogP contribution < -0.4 is 4.72 Å². The molecule has 1 unspecified atom stereocenters. The van der Waals surface area contributed by atoms with Gasteiger partial charge in [0.05, 0.1) is 17.4 Å². The van der Waals surface area contributed by atoms with Crippen LogP contribution in [0.15, 0.2) is 30.5 Å². The number of rotatable bonds is 2. The van der Waals surface area contributed by atoms with Crippen molar-refractivity contribution in [2.24, 2.45) is 0 Å². The molecule has 78 valence electrons. The van der Waals surface area contributed by atoms with Crippen LogP contribution in [0.2, 0.25) is 0 Å². The summed E-state index contributed by atoms with van der Waals surface area (Å²) >= 11 is -2.15. The molecule has 15 heavy (non-hydrogen) atoms. The van der Waals surface area contributed by atoms with Crippen molar-refractivity contribution in [1.82, 2.24) is 4.98 Å². The number of pyridine rings is 1. The molecule has 6 heteroatoms. The third-order valence-electron chi connectivity index (χ3n) is 1.85. The van der Waals surface area contributed by atoms with Crippen molar-refractivity contribution in [2.75, 3.05) is 4.72 Å². The van der Waals surface area contributed by atoms with Crippen molar-refractivity contribution in [3.8, 4) is 0 Å². The molecule has 1 heterocycles. The average Bonchev–Trinajstić information content (AvgIpc) is 2.16. The lowest BCUT2D eigenvalue weighted by Crippen LogP contribution is -2.01. The second kappa shape index (κ2) is 3.92. The first-order valence-corrected chi connectivity index (χ1v) is 5.18. The first kappa shape index (κ1) is 10.0. The van der Waals surface area contributed by atoms with Crippen LogP contribution in [0.5, 0.6) is 0 Å². The summed E-state index contributed by atoms with van der Waals surface area (Å²) < 4.78 is 34.2. The molecule has 2 N–H and O–H groups in total. The number of hydrogen-bond acceptors (Lipinski definition) is 2. The lowest BCUT2D eigenvalue weighted by atomic mass is 10.2. The topological polar surface area (TPSA) is 62.2 Å². The number of hydrogen-bond donors (Lipinski definition) is 2. The minimum absolute atomic E-state index is 0.369. The van der Waals surface area contributed by atoms with Gasteiger partial charge in [-0.1, -0.05) is 0 Å². The Kier molecular flexibility index (Phi) is 2.61. The molecule has 0 aliphatic carbocycles. The summed E-state index contributed by atoms with van der Waals surface area (Å²) in [6, 6.07) is 5.73. The van der Waals surface area contributed by atoms with Crippen LogP contribution in [0.25, 0.3) is 10.9 Å². The fraction of sp³-hybridized carbons (Fsp3) is 0. The van der Waals surface area contributed by atoms with Crippen molar-refractivity contribution >= 4 is 27.9 Å². The maximum absolute atomic E-state index is 12.9. The summed E-state index contributed by atoms with van der Waals surface area (Å²) in [4.78, 5) is 4.00. The van der Waals surface area contributed by atoms with E-state index in [9.17, 15) is 8.60 Å². The lowest BCUT2D eigenvalue weighted by molar-refractivity contribution is 0.570. The zero-order valence-corrected chi connectivity index (χ0v) is 8.29. The van der Waals surface area contributed by atoms with Gasteiger partial charge in [0.2, 0.25) is 0 Å². The second-order valence-electron chi connectivity index (χ2n) is 2.91. The van der Waals surface area contributed by atoms with Crippen LogP contribution in [0.4, 0.5) is 10.1 Å². The molecule has 0 saturated heterocycles. The van der Waals surface area contributed by atoms with Gasteiger partial charge >= 0.3 is 0 Å². The number of nitrogens with zero attached hydrogens (tertiary/aromatic N) is 1. The molecule has 2 aromatic rings. The van der Waals surface area contributed by atoms with Gasteiger partial charge in [0.25, 0.3) is 11.3 Å². The maximum atomic E-state index is 12.9. The minimum atomic E-state index is -2.15. The van der Waals surface area contributed by atoms with E-state index < -0.39 is 11.3 Å². The Bertz CT molecular complexity index is 533. The molecule has 0 aliphatic heterocycles. The molecule has 0 fully saturated rings. The Balaban J connectivity index is 2.49. The number of halogens is 1. The van der Waals surface area contributed by atoms with E-state index in [0.717, 1.165) is 0 Å². The third kappa shape index (κ3) is 2.28. The Morgan fingerprint density at radius 3 is 2.93 bits per heavy atom. The van der Waals surface area contributed by atoms with E-state index in [2.05, 4.69) is 9.71 Å². The van der Waals surface area contributed by atoms with Crippen LogP contribution in [0.1, 0.15) is 0 Å². The second-order valence-corrected chi connectivity index (χ2v) is 3.61. The first-order chi connectivity index (χ1) is 7.15. The van der Waals surface area contributed by atoms with Gasteiger partial charge in [0.1, 0.15) is 5.82 Å². The molecule has 0 saturated carbocycles. The standard InChI is InChI=1S/C9H7FN2O2S/c10-7-1-2-9-6(3-7)4-8(5-11-9)12-15(13)14/h1-5,12H,(H,13,14). The molecule has 1 aromatic heterocycles. The Hall–Kier alpha value is -1.53. The van der Waals surface area contributed by atoms with Crippen molar-refractivity contribution in [3.63, 3.8) is 0 Å². The summed E-state index contributed by atoms with van der Waals surface area (Å²) in [6.07, 6.45) is 1.41. The SMILES string of the molecule is O=S(O)Nc1cnc2ccc(F)cc2c1. The molecule has 0 spiro atoms. The van der Waals surface area contributed by atoms with E-state index in [-0.39, 0.29) is 5.82 Å². The van der Waals surface area contributed by atoms with E-state index in [1.165, 1.54) is 18.3 Å². The number of nitrogens with one attached hydrogen (secondary N) is 1. The molecule has 4 nitrogen and oxygen atoms in total. The number of benzene rings is 1. The summed E-state index contributed by atoms with van der Waals surface area (Å²) in [7, 11) is 0. The number of aromatic nitrogens is 1. The van der Waals surface area contributed by atoms with Crippen LogP contribution in [0.3, 0.4) is 0 Å². The van der Waals surface area contributed by atoms with Crippen molar-refractivity contribution < 1.29 is 13.2 Å². The van der Waals surface area contributed by atoms with Gasteiger partial charge in [-0.2, -0.15) is 0 Å². The summed E-state index contributed by atoms with van der Waals surface area (Å²) in [6.45, 7) is 0. The normalized spacial score (nSPS) is 12.7. The Morgan fingerprint density at radius 1 is 1.40 bits per heavy atom. The van der Waals surface area contributed by atoms with Crippen LogP contribution >= 0.6 is 0 Å². The van der Waals surface area contributed by atoms with Crippen molar-refractivity contribution in [1.29, 1.82) is 0 Å². The zero-order chi connectivity index (χ0) is 10.8. The molecular weight excluding hydrogens is 219 g/mol. The van der Waals surface area contributed by atoms with Gasteiger partial charge in [-0.05, 0) is 24.3 Å². The molecule has 0 bridgehead atoms. The van der Waals surface area contributed by atoms with Crippen molar-refractivity contribution in [3.05, 3.63) is 36.3 Å². The Morgan fingerprint density at radius 2 is 2.20 bits per heavy atom. The summed E-state index contributed by atoms with van der Waals surface area (Å²) in [5.41, 5.74) is 1.000. The molecule has 0 amide bonds. The summed E-state index contributed by atoms with van der Waals surface area (Å²) in [5.74, 6) is -0.369. The van der Waals surface area contributed by atoms with Crippen LogP contribution in [-0.4, -0.2) is 13.7 Å². The predicted octanol–water partition coefficient (Wildman–Crippen LogP) is 1.92. The summed E-state index contributed by atoms with van der Waals surface area (Å²) in [5, 5.41) is 0.574. The highest BCUT2D eigenvalue weighted by atomic mass is 32.2. The van der Waals surface area contributed by atoms with E-state index in [4.69, 9.17) is 4.55 Å². The third-order valence-corrected chi connectivity index (χ3v) is 2.26. The Labute approximate surface area is 87.6 Å². The van der Waals surface area contributed by atoms with Gasteiger partial charge in [0, 0.05) is 5.39 Å². The van der Waals surface area contributed by atoms with Crippen molar-refractivity contribution in [2.45, 2.75) is 0 Å². The predicted molar refractivity (Wildman–Crippen MR) is 56.1 cm³/mol. The monoisotopic (exact) mass is 226 g/mol. The smallest absolute Gasteiger partial charge is 0.259 e. The quantitative estimate of drug-likeness (QED) is 0.769. The number of fused-ring (bicyclic) bond motifs is 1. The van der Waals surface area contributed by atoms with Crippen LogP contribution in [0, 0.1) is 5.82 Å². The van der Waals surface area contributed by atoms with E-state index in [1.807, 2.05) is 0 Å². The highest BCUT2D eigenvalue weighted by molar-refractivity contribution is 7.80. The van der Waals surface area contributed by atoms with E-state index in [1.54, 1.807) is 12.1 Å². The lowest BCUT2D eigenvalue weighted by Gasteiger charge is -2.02. The number of anilines is 1. The molecular formula is C9H7FN2O2S. The highest BCUT2D eigenvalue weighted by Crippen LogP contribution is 2.17. The molecule has 0 aliphatic rings. The molecule has 0 radical (unpaired) electrons. The van der Waals surface area contributed by atoms with Crippen LogP contribution in [-0.2, 0) is 11.3 Å². The highest BCUT2D eigenvalue weighted by Gasteiger charge is 2.00. The molecule has 1 atom stereocenters. The van der Waals surface area contributed by atoms with Gasteiger partial charge in [0.15, 0.2) is 0 Å². The minimum Gasteiger partial charge on any atom is -0.289 e.